The second-order valence-electron chi connectivity index (χ2n) is 5.61. The Balaban J connectivity index is 1.99. The zero-order valence-electron chi connectivity index (χ0n) is 14.4. The van der Waals surface area contributed by atoms with Crippen molar-refractivity contribution in [2.45, 2.75) is 18.6 Å². The Morgan fingerprint density at radius 1 is 1.46 bits per heavy atom. The van der Waals surface area contributed by atoms with Gasteiger partial charge < -0.3 is 10.1 Å². The van der Waals surface area contributed by atoms with Crippen LogP contribution in [0.4, 0.5) is 0 Å². The lowest BCUT2D eigenvalue weighted by Crippen LogP contribution is -2.28. The summed E-state index contributed by atoms with van der Waals surface area (Å²) >= 11 is 3.06. The van der Waals surface area contributed by atoms with Gasteiger partial charge in [-0.25, -0.2) is 4.79 Å². The third-order valence-electron chi connectivity index (χ3n) is 3.99. The molecule has 0 aliphatic carbocycles. The number of carbonyl (C=O) groups is 1. The number of nitrogens with zero attached hydrogens (tertiary/aromatic N) is 2. The first-order chi connectivity index (χ1) is 12.7. The minimum absolute atomic E-state index is 0.412. The molecule has 0 amide bonds. The van der Waals surface area contributed by atoms with Gasteiger partial charge in [0.2, 0.25) is 0 Å². The van der Waals surface area contributed by atoms with Crippen LogP contribution in [0.1, 0.15) is 23.3 Å². The summed E-state index contributed by atoms with van der Waals surface area (Å²) in [6.45, 7) is 1.84. The molecule has 3 heterocycles. The van der Waals surface area contributed by atoms with Crippen LogP contribution in [0.25, 0.3) is 0 Å². The van der Waals surface area contributed by atoms with Crippen molar-refractivity contribution in [3.05, 3.63) is 74.4 Å². The van der Waals surface area contributed by atoms with Crippen LogP contribution in [0, 0.1) is 11.3 Å². The Kier molecular flexibility index (Phi) is 5.76. The summed E-state index contributed by atoms with van der Waals surface area (Å²) in [5.41, 5.74) is 2.80. The monoisotopic (exact) mass is 383 g/mol. The first-order valence-corrected chi connectivity index (χ1v) is 9.77. The average Bonchev–Trinajstić information content (AvgIpc) is 3.20. The lowest BCUT2D eigenvalue weighted by Gasteiger charge is -2.28. The van der Waals surface area contributed by atoms with Gasteiger partial charge in [0.15, 0.2) is 0 Å². The highest BCUT2D eigenvalue weighted by Gasteiger charge is 2.35. The summed E-state index contributed by atoms with van der Waals surface area (Å²) in [5, 5.41) is 15.8. The number of ether oxygens (including phenoxy) is 1. The van der Waals surface area contributed by atoms with E-state index in [2.05, 4.69) is 16.4 Å². The molecule has 0 saturated carbocycles. The summed E-state index contributed by atoms with van der Waals surface area (Å²) in [6, 6.07) is 10.0. The van der Waals surface area contributed by atoms with Crippen LogP contribution in [-0.2, 0) is 15.3 Å². The normalized spacial score (nSPS) is 16.9. The molecule has 132 valence electrons. The summed E-state index contributed by atoms with van der Waals surface area (Å²) in [5.74, 6) is -0.151. The minimum atomic E-state index is -0.419. The number of rotatable bonds is 5. The van der Waals surface area contributed by atoms with Crippen LogP contribution in [0.2, 0.25) is 0 Å². The molecule has 2 aromatic heterocycles. The zero-order valence-corrected chi connectivity index (χ0v) is 16.0. The van der Waals surface area contributed by atoms with Gasteiger partial charge in [-0.15, -0.1) is 23.1 Å². The first-order valence-electron chi connectivity index (χ1n) is 7.91. The number of allylic oxidation sites excluding steroid dienone is 2. The molecular formula is C19H17N3O2S2. The summed E-state index contributed by atoms with van der Waals surface area (Å²) in [4.78, 5) is 17.4. The first kappa shape index (κ1) is 18.2. The maximum absolute atomic E-state index is 12.4. The molecule has 1 atom stereocenters. The molecule has 26 heavy (non-hydrogen) atoms. The molecule has 1 aliphatic rings. The zero-order chi connectivity index (χ0) is 18.5. The van der Waals surface area contributed by atoms with E-state index >= 15 is 0 Å². The van der Waals surface area contributed by atoms with Crippen molar-refractivity contribution in [1.82, 2.24) is 10.3 Å². The van der Waals surface area contributed by atoms with Gasteiger partial charge >= 0.3 is 5.97 Å². The number of thiophene rings is 1. The van der Waals surface area contributed by atoms with Gasteiger partial charge in [0.1, 0.15) is 0 Å². The van der Waals surface area contributed by atoms with Crippen LogP contribution in [0.15, 0.2) is 63.9 Å². The number of nitrogens with one attached hydrogen (secondary N) is 1. The Bertz CT molecular complexity index is 897. The van der Waals surface area contributed by atoms with E-state index in [0.29, 0.717) is 22.6 Å². The smallest absolute Gasteiger partial charge is 0.336 e. The fraction of sp³-hybridized carbons (Fsp3) is 0.211. The Morgan fingerprint density at radius 3 is 2.92 bits per heavy atom. The fourth-order valence-corrected chi connectivity index (χ4v) is 4.66. The van der Waals surface area contributed by atoms with Crippen LogP contribution < -0.4 is 5.32 Å². The summed E-state index contributed by atoms with van der Waals surface area (Å²) < 4.78 is 4.97. The lowest BCUT2D eigenvalue weighted by molar-refractivity contribution is -0.136. The topological polar surface area (TPSA) is 75.0 Å². The maximum Gasteiger partial charge on any atom is 0.336 e. The maximum atomic E-state index is 12.4. The molecule has 5 nitrogen and oxygen atoms in total. The van der Waals surface area contributed by atoms with Crippen molar-refractivity contribution >= 4 is 29.1 Å². The Morgan fingerprint density at radius 2 is 2.31 bits per heavy atom. The summed E-state index contributed by atoms with van der Waals surface area (Å²) in [6.07, 6.45) is 3.54. The van der Waals surface area contributed by atoms with Crippen LogP contribution >= 0.6 is 23.1 Å². The highest BCUT2D eigenvalue weighted by Crippen LogP contribution is 2.42. The van der Waals surface area contributed by atoms with Gasteiger partial charge in [-0.2, -0.15) is 5.26 Å². The molecule has 0 aromatic carbocycles. The second-order valence-corrected chi connectivity index (χ2v) is 7.57. The second kappa shape index (κ2) is 8.21. The number of methoxy groups -OCH3 is 1. The van der Waals surface area contributed by atoms with E-state index in [4.69, 9.17) is 4.74 Å². The lowest BCUT2D eigenvalue weighted by atomic mass is 9.87. The third kappa shape index (κ3) is 3.66. The summed E-state index contributed by atoms with van der Waals surface area (Å²) in [7, 11) is 1.36. The van der Waals surface area contributed by atoms with Gasteiger partial charge in [0, 0.05) is 28.7 Å². The van der Waals surface area contributed by atoms with E-state index in [9.17, 15) is 10.1 Å². The molecule has 0 spiro atoms. The third-order valence-corrected chi connectivity index (χ3v) is 6.01. The van der Waals surface area contributed by atoms with E-state index in [1.807, 2.05) is 42.8 Å². The minimum Gasteiger partial charge on any atom is -0.466 e. The van der Waals surface area contributed by atoms with Gasteiger partial charge in [0.25, 0.3) is 0 Å². The standard InChI is InChI=1S/C19H17N3O2S2/c1-12-16(19(23)24-2)17(15-6-4-8-25-15)14(9-20)18(22-12)26-11-13-5-3-7-21-10-13/h3-8,10,17,22H,11H2,1-2H3/t17-/m0/s1. The number of hydrogen-bond acceptors (Lipinski definition) is 7. The van der Waals surface area contributed by atoms with E-state index in [-0.39, 0.29) is 0 Å². The Hall–Kier alpha value is -2.56. The predicted molar refractivity (Wildman–Crippen MR) is 103 cm³/mol. The van der Waals surface area contributed by atoms with Crippen LogP contribution in [0.3, 0.4) is 0 Å². The van der Waals surface area contributed by atoms with Gasteiger partial charge in [-0.1, -0.05) is 12.1 Å². The number of esters is 1. The molecule has 1 aliphatic heterocycles. The number of aromatic nitrogens is 1. The largest absolute Gasteiger partial charge is 0.466 e. The average molecular weight is 383 g/mol. The van der Waals surface area contributed by atoms with Crippen molar-refractivity contribution < 1.29 is 9.53 Å². The molecule has 3 rings (SSSR count). The van der Waals surface area contributed by atoms with E-state index in [1.165, 1.54) is 30.2 Å². The van der Waals surface area contributed by atoms with E-state index < -0.39 is 11.9 Å². The molecular weight excluding hydrogens is 366 g/mol. The van der Waals surface area contributed by atoms with Crippen molar-refractivity contribution in [3.8, 4) is 6.07 Å². The number of thioether (sulfide) groups is 1. The van der Waals surface area contributed by atoms with Gasteiger partial charge in [-0.05, 0) is 30.0 Å². The molecule has 0 bridgehead atoms. The van der Waals surface area contributed by atoms with E-state index in [0.717, 1.165) is 15.5 Å². The predicted octanol–water partition coefficient (Wildman–Crippen LogP) is 3.95. The highest BCUT2D eigenvalue weighted by molar-refractivity contribution is 8.02. The number of hydrogen-bond donors (Lipinski definition) is 1. The number of pyridine rings is 1. The fourth-order valence-electron chi connectivity index (χ4n) is 2.79. The number of carbonyl (C=O) groups excluding carboxylic acids is 1. The van der Waals surface area contributed by atoms with Gasteiger partial charge in [0.05, 0.1) is 35.3 Å². The number of dihydropyridines is 1. The quantitative estimate of drug-likeness (QED) is 0.788. The molecule has 2 aromatic rings. The van der Waals surface area contributed by atoms with E-state index in [1.54, 1.807) is 6.20 Å². The molecule has 0 radical (unpaired) electrons. The molecule has 0 saturated heterocycles. The highest BCUT2D eigenvalue weighted by atomic mass is 32.2. The van der Waals surface area contributed by atoms with Crippen molar-refractivity contribution in [2.24, 2.45) is 0 Å². The van der Waals surface area contributed by atoms with Gasteiger partial charge in [-0.3, -0.25) is 4.98 Å². The molecule has 0 fully saturated rings. The Labute approximate surface area is 160 Å². The van der Waals surface area contributed by atoms with Crippen molar-refractivity contribution in [3.63, 3.8) is 0 Å². The molecule has 1 N–H and O–H groups in total. The SMILES string of the molecule is COC(=O)C1=C(C)NC(SCc2cccnc2)=C(C#N)[C@H]1c1cccs1. The molecule has 7 heteroatoms. The molecule has 0 unspecified atom stereocenters. The van der Waals surface area contributed by atoms with Crippen LogP contribution in [-0.4, -0.2) is 18.1 Å². The van der Waals surface area contributed by atoms with Crippen LogP contribution in [0.5, 0.6) is 0 Å². The van der Waals surface area contributed by atoms with Crippen molar-refractivity contribution in [1.29, 1.82) is 5.26 Å². The van der Waals surface area contributed by atoms with Crippen molar-refractivity contribution in [2.75, 3.05) is 7.11 Å². The number of nitriles is 1.